The SMILES string of the molecule is CC1=NC(CC(=O)c2ccccc2)=C(C(=O)c2ccccc2)[C@@H](c2ccccc2C(F)(F)F)C1[N+](=O)[O-]. The zero-order valence-electron chi connectivity index (χ0n) is 19.6. The van der Waals surface area contributed by atoms with Crippen LogP contribution in [0.1, 0.15) is 51.1 Å². The van der Waals surface area contributed by atoms with E-state index in [0.29, 0.717) is 5.56 Å². The van der Waals surface area contributed by atoms with Gasteiger partial charge in [0.2, 0.25) is 0 Å². The van der Waals surface area contributed by atoms with Gasteiger partial charge in [0.05, 0.1) is 29.3 Å². The van der Waals surface area contributed by atoms with Crippen LogP contribution in [-0.4, -0.2) is 28.2 Å². The van der Waals surface area contributed by atoms with Gasteiger partial charge in [-0.1, -0.05) is 78.9 Å². The minimum absolute atomic E-state index is 0.0831. The number of allylic oxidation sites excluding steroid dienone is 1. The van der Waals surface area contributed by atoms with Crippen LogP contribution in [-0.2, 0) is 6.18 Å². The van der Waals surface area contributed by atoms with Gasteiger partial charge in [-0.15, -0.1) is 0 Å². The molecule has 1 aliphatic heterocycles. The summed E-state index contributed by atoms with van der Waals surface area (Å²) in [4.78, 5) is 42.6. The average Bonchev–Trinajstić information content (AvgIpc) is 2.88. The zero-order chi connectivity index (χ0) is 26.7. The molecule has 1 aliphatic rings. The molecule has 2 atom stereocenters. The molecule has 0 N–H and O–H groups in total. The number of benzene rings is 3. The summed E-state index contributed by atoms with van der Waals surface area (Å²) in [6.45, 7) is 1.33. The Hall–Kier alpha value is -4.40. The molecule has 0 aromatic heterocycles. The maximum Gasteiger partial charge on any atom is 0.416 e. The van der Waals surface area contributed by atoms with Gasteiger partial charge in [0.1, 0.15) is 0 Å². The molecule has 0 aliphatic carbocycles. The maximum absolute atomic E-state index is 14.1. The summed E-state index contributed by atoms with van der Waals surface area (Å²) in [5.74, 6) is -2.76. The lowest BCUT2D eigenvalue weighted by Crippen LogP contribution is -2.41. The molecule has 0 radical (unpaired) electrons. The van der Waals surface area contributed by atoms with Crippen LogP contribution < -0.4 is 0 Å². The Balaban J connectivity index is 1.99. The Morgan fingerprint density at radius 2 is 1.43 bits per heavy atom. The highest BCUT2D eigenvalue weighted by Crippen LogP contribution is 2.44. The number of alkyl halides is 3. The standard InChI is InChI=1S/C28H21F3N2O4/c1-17-26(33(36)37)24(20-14-8-9-15-21(20)28(29,30)31)25(27(35)19-12-6-3-7-13-19)22(32-17)16-23(34)18-10-4-2-5-11-18/h2-15,24,26H,16H2,1H3/t24-,26?/m1/s1. The molecule has 0 saturated heterocycles. The van der Waals surface area contributed by atoms with Crippen LogP contribution >= 0.6 is 0 Å². The molecule has 9 heteroatoms. The van der Waals surface area contributed by atoms with Crippen LogP contribution in [0.5, 0.6) is 0 Å². The number of nitrogens with zero attached hydrogens (tertiary/aromatic N) is 2. The number of hydrogen-bond acceptors (Lipinski definition) is 5. The molecule has 6 nitrogen and oxygen atoms in total. The van der Waals surface area contributed by atoms with Gasteiger partial charge in [0.15, 0.2) is 11.6 Å². The van der Waals surface area contributed by atoms with Crippen molar-refractivity contribution in [1.29, 1.82) is 0 Å². The Bertz CT molecular complexity index is 1410. The van der Waals surface area contributed by atoms with E-state index >= 15 is 0 Å². The first-order valence-electron chi connectivity index (χ1n) is 11.4. The predicted octanol–water partition coefficient (Wildman–Crippen LogP) is 6.32. The molecule has 0 bridgehead atoms. The van der Waals surface area contributed by atoms with Gasteiger partial charge in [-0.3, -0.25) is 24.7 Å². The van der Waals surface area contributed by atoms with E-state index in [1.165, 1.54) is 31.2 Å². The highest BCUT2D eigenvalue weighted by Gasteiger charge is 2.48. The minimum Gasteiger partial charge on any atom is -0.294 e. The first kappa shape index (κ1) is 25.7. The predicted molar refractivity (Wildman–Crippen MR) is 131 cm³/mol. The number of halogens is 3. The second-order valence-corrected chi connectivity index (χ2v) is 8.57. The average molecular weight is 506 g/mol. The zero-order valence-corrected chi connectivity index (χ0v) is 19.6. The normalized spacial score (nSPS) is 17.8. The molecule has 0 saturated carbocycles. The van der Waals surface area contributed by atoms with Crippen LogP contribution in [0.15, 0.2) is 101 Å². The Morgan fingerprint density at radius 1 is 0.892 bits per heavy atom. The van der Waals surface area contributed by atoms with Crippen LogP contribution in [0.25, 0.3) is 0 Å². The second-order valence-electron chi connectivity index (χ2n) is 8.57. The third-order valence-electron chi connectivity index (χ3n) is 6.21. The highest BCUT2D eigenvalue weighted by molar-refractivity contribution is 6.13. The molecule has 4 rings (SSSR count). The van der Waals surface area contributed by atoms with Gasteiger partial charge in [-0.05, 0) is 18.6 Å². The largest absolute Gasteiger partial charge is 0.416 e. The molecule has 188 valence electrons. The van der Waals surface area contributed by atoms with Gasteiger partial charge in [0.25, 0.3) is 6.04 Å². The van der Waals surface area contributed by atoms with E-state index in [9.17, 15) is 32.9 Å². The third kappa shape index (κ3) is 5.25. The molecule has 3 aromatic carbocycles. The first-order chi connectivity index (χ1) is 17.6. The van der Waals surface area contributed by atoms with Crippen molar-refractivity contribution < 1.29 is 27.7 Å². The number of aliphatic imine (C=N–C) groups is 1. The Morgan fingerprint density at radius 3 is 2.00 bits per heavy atom. The highest BCUT2D eigenvalue weighted by atomic mass is 19.4. The lowest BCUT2D eigenvalue weighted by Gasteiger charge is -2.30. The monoisotopic (exact) mass is 506 g/mol. The summed E-state index contributed by atoms with van der Waals surface area (Å²) < 4.78 is 42.2. The van der Waals surface area contributed by atoms with Crippen LogP contribution in [0.4, 0.5) is 13.2 Å². The van der Waals surface area contributed by atoms with Crippen molar-refractivity contribution in [3.63, 3.8) is 0 Å². The van der Waals surface area contributed by atoms with E-state index in [2.05, 4.69) is 4.99 Å². The van der Waals surface area contributed by atoms with Gasteiger partial charge in [0, 0.05) is 21.6 Å². The summed E-state index contributed by atoms with van der Waals surface area (Å²) in [6, 6.07) is 18.6. The third-order valence-corrected chi connectivity index (χ3v) is 6.21. The minimum atomic E-state index is -4.83. The van der Waals surface area contributed by atoms with E-state index in [4.69, 9.17) is 0 Å². The van der Waals surface area contributed by atoms with Crippen molar-refractivity contribution in [3.8, 4) is 0 Å². The van der Waals surface area contributed by atoms with Crippen LogP contribution in [0.3, 0.4) is 0 Å². The quantitative estimate of drug-likeness (QED) is 0.213. The summed E-state index contributed by atoms with van der Waals surface area (Å²) in [7, 11) is 0. The Labute approximate surface area is 210 Å². The number of Topliss-reactive ketones (excluding diaryl/α,β-unsaturated/α-hetero) is 2. The molecule has 0 spiro atoms. The smallest absolute Gasteiger partial charge is 0.294 e. The van der Waals surface area contributed by atoms with Crippen molar-refractivity contribution in [2.75, 3.05) is 0 Å². The van der Waals surface area contributed by atoms with Crippen molar-refractivity contribution in [2.24, 2.45) is 4.99 Å². The number of carbonyl (C=O) groups excluding carboxylic acids is 2. The summed E-state index contributed by atoms with van der Waals surface area (Å²) in [6.07, 6.45) is -5.24. The summed E-state index contributed by atoms with van der Waals surface area (Å²) in [5, 5.41) is 12.2. The maximum atomic E-state index is 14.1. The molecular weight excluding hydrogens is 485 g/mol. The lowest BCUT2D eigenvalue weighted by atomic mass is 9.75. The number of carbonyl (C=O) groups is 2. The van der Waals surface area contributed by atoms with E-state index in [0.717, 1.165) is 12.1 Å². The Kier molecular flexibility index (Phi) is 7.15. The molecular formula is C28H21F3N2O4. The fraction of sp³-hybridized carbons (Fsp3) is 0.179. The number of nitro groups is 1. The van der Waals surface area contributed by atoms with E-state index < -0.39 is 52.2 Å². The molecule has 0 amide bonds. The molecule has 0 fully saturated rings. The first-order valence-corrected chi connectivity index (χ1v) is 11.4. The van der Waals surface area contributed by atoms with Crippen molar-refractivity contribution >= 4 is 17.3 Å². The lowest BCUT2D eigenvalue weighted by molar-refractivity contribution is -0.505. The van der Waals surface area contributed by atoms with Gasteiger partial charge in [-0.2, -0.15) is 13.2 Å². The van der Waals surface area contributed by atoms with Crippen molar-refractivity contribution in [1.82, 2.24) is 0 Å². The summed E-state index contributed by atoms with van der Waals surface area (Å²) in [5.41, 5.74) is -1.54. The second kappa shape index (κ2) is 10.3. The van der Waals surface area contributed by atoms with Gasteiger partial charge >= 0.3 is 6.18 Å². The van der Waals surface area contributed by atoms with Crippen LogP contribution in [0, 0.1) is 10.1 Å². The van der Waals surface area contributed by atoms with Crippen molar-refractivity contribution in [2.45, 2.75) is 31.5 Å². The molecule has 1 unspecified atom stereocenters. The fourth-order valence-electron chi connectivity index (χ4n) is 4.57. The van der Waals surface area contributed by atoms with Gasteiger partial charge < -0.3 is 0 Å². The number of ketones is 2. The van der Waals surface area contributed by atoms with Gasteiger partial charge in [-0.25, -0.2) is 0 Å². The topological polar surface area (TPSA) is 89.6 Å². The summed E-state index contributed by atoms with van der Waals surface area (Å²) >= 11 is 0. The van der Waals surface area contributed by atoms with Crippen LogP contribution in [0.2, 0.25) is 0 Å². The number of rotatable bonds is 7. The van der Waals surface area contributed by atoms with Crippen molar-refractivity contribution in [3.05, 3.63) is 129 Å². The molecule has 37 heavy (non-hydrogen) atoms. The molecule has 3 aromatic rings. The van der Waals surface area contributed by atoms with E-state index in [1.54, 1.807) is 48.5 Å². The molecule has 1 heterocycles. The van der Waals surface area contributed by atoms with E-state index in [1.807, 2.05) is 0 Å². The van der Waals surface area contributed by atoms with E-state index in [-0.39, 0.29) is 22.5 Å². The number of hydrogen-bond donors (Lipinski definition) is 0. The fourth-order valence-corrected chi connectivity index (χ4v) is 4.57.